The molecule has 10 nitrogen and oxygen atoms in total. The summed E-state index contributed by atoms with van der Waals surface area (Å²) in [4.78, 5) is 43.7. The number of ether oxygens (including phenoxy) is 3. The Bertz CT molecular complexity index is 1930. The Balaban J connectivity index is 1.69. The molecule has 0 N–H and O–H groups in total. The molecule has 4 aromatic rings. The highest BCUT2D eigenvalue weighted by Gasteiger charge is 2.36. The van der Waals surface area contributed by atoms with Gasteiger partial charge < -0.3 is 14.2 Å². The molecule has 220 valence electrons. The summed E-state index contributed by atoms with van der Waals surface area (Å²) in [6, 6.07) is 18.4. The van der Waals surface area contributed by atoms with Crippen LogP contribution in [0.25, 0.3) is 11.8 Å². The standard InChI is InChI=1S/C31H26BrN3O7S/c1-4-41-30(37)27-18(2)34-29(36)26(14-20-11-8-12-21(32)13-20)43-31(34)33-28(27)22-15-24(40-3)25(16-23(22)35(38)39)42-17-19-9-6-5-7-10-19/h5-16,28H,4,17H2,1-3H3/b26-14-/t28-/m1/s1. The van der Waals surface area contributed by atoms with Gasteiger partial charge in [0, 0.05) is 10.2 Å². The molecule has 0 unspecified atom stereocenters. The molecule has 1 atom stereocenters. The molecule has 5 rings (SSSR count). The van der Waals surface area contributed by atoms with Gasteiger partial charge in [-0.05, 0) is 49.2 Å². The van der Waals surface area contributed by atoms with Crippen LogP contribution in [-0.4, -0.2) is 29.2 Å². The van der Waals surface area contributed by atoms with Gasteiger partial charge in [-0.15, -0.1) is 0 Å². The van der Waals surface area contributed by atoms with Crippen molar-refractivity contribution in [3.8, 4) is 11.5 Å². The van der Waals surface area contributed by atoms with Crippen LogP contribution in [-0.2, 0) is 16.1 Å². The van der Waals surface area contributed by atoms with Crippen LogP contribution in [0.15, 0.2) is 86.6 Å². The first-order valence-corrected chi connectivity index (χ1v) is 14.8. The molecular formula is C31H26BrN3O7S. The van der Waals surface area contributed by atoms with E-state index in [0.717, 1.165) is 26.9 Å². The summed E-state index contributed by atoms with van der Waals surface area (Å²) in [5.74, 6) is -0.340. The molecule has 0 fully saturated rings. The fraction of sp³-hybridized carbons (Fsp3) is 0.194. The lowest BCUT2D eigenvalue weighted by Gasteiger charge is -2.23. The molecule has 1 aromatic heterocycles. The predicted octanol–water partition coefficient (Wildman–Crippen LogP) is 5.17. The van der Waals surface area contributed by atoms with Crippen molar-refractivity contribution >= 4 is 50.7 Å². The van der Waals surface area contributed by atoms with Crippen LogP contribution >= 0.6 is 27.3 Å². The third-order valence-corrected chi connectivity index (χ3v) is 8.20. The van der Waals surface area contributed by atoms with Crippen LogP contribution in [0, 0.1) is 10.1 Å². The summed E-state index contributed by atoms with van der Waals surface area (Å²) >= 11 is 4.56. The lowest BCUT2D eigenvalue weighted by Crippen LogP contribution is -2.35. The Morgan fingerprint density at radius 1 is 1.14 bits per heavy atom. The van der Waals surface area contributed by atoms with Crippen LogP contribution in [0.3, 0.4) is 0 Å². The average molecular weight is 665 g/mol. The lowest BCUT2D eigenvalue weighted by atomic mass is 9.94. The second kappa shape index (κ2) is 12.8. The number of carbonyl (C=O) groups is 1. The molecule has 0 amide bonds. The number of hydrogen-bond donors (Lipinski definition) is 0. The van der Waals surface area contributed by atoms with Gasteiger partial charge in [0.15, 0.2) is 16.3 Å². The van der Waals surface area contributed by atoms with Crippen LogP contribution in [0.2, 0.25) is 0 Å². The quantitative estimate of drug-likeness (QED) is 0.138. The maximum atomic E-state index is 13.5. The lowest BCUT2D eigenvalue weighted by molar-refractivity contribution is -0.385. The average Bonchev–Trinajstić information content (AvgIpc) is 3.30. The number of nitrogens with zero attached hydrogens (tertiary/aromatic N) is 3. The van der Waals surface area contributed by atoms with E-state index in [1.807, 2.05) is 54.6 Å². The molecule has 0 bridgehead atoms. The summed E-state index contributed by atoms with van der Waals surface area (Å²) in [6.45, 7) is 3.48. The Hall–Kier alpha value is -4.55. The molecule has 43 heavy (non-hydrogen) atoms. The number of aromatic nitrogens is 1. The molecule has 0 aliphatic carbocycles. The van der Waals surface area contributed by atoms with Crippen LogP contribution < -0.4 is 24.4 Å². The van der Waals surface area contributed by atoms with Crippen molar-refractivity contribution in [1.29, 1.82) is 0 Å². The van der Waals surface area contributed by atoms with Crippen molar-refractivity contribution in [3.05, 3.63) is 123 Å². The number of esters is 1. The number of hydrogen-bond acceptors (Lipinski definition) is 9. The fourth-order valence-corrected chi connectivity index (χ4v) is 6.20. The molecule has 2 heterocycles. The van der Waals surface area contributed by atoms with Crippen molar-refractivity contribution in [3.63, 3.8) is 0 Å². The van der Waals surface area contributed by atoms with E-state index in [1.54, 1.807) is 19.9 Å². The van der Waals surface area contributed by atoms with E-state index >= 15 is 0 Å². The minimum absolute atomic E-state index is 0.0198. The molecule has 0 saturated carbocycles. The number of methoxy groups -OCH3 is 1. The third-order valence-electron chi connectivity index (χ3n) is 6.73. The third kappa shape index (κ3) is 6.15. The molecular weight excluding hydrogens is 638 g/mol. The SMILES string of the molecule is CCOC(=O)C1=C(C)n2c(s/c(=C\c3cccc(Br)c3)c2=O)=N[C@@H]1c1cc(OC)c(OCc2ccccc2)cc1[N+](=O)[O-]. The Morgan fingerprint density at radius 2 is 1.91 bits per heavy atom. The number of nitro groups is 1. The molecule has 12 heteroatoms. The van der Waals surface area contributed by atoms with E-state index in [9.17, 15) is 19.7 Å². The minimum Gasteiger partial charge on any atom is -0.493 e. The van der Waals surface area contributed by atoms with E-state index in [4.69, 9.17) is 19.2 Å². The van der Waals surface area contributed by atoms with Gasteiger partial charge in [0.2, 0.25) is 0 Å². The molecule has 0 radical (unpaired) electrons. The highest BCUT2D eigenvalue weighted by molar-refractivity contribution is 9.10. The maximum absolute atomic E-state index is 13.5. The first-order chi connectivity index (χ1) is 20.7. The number of carbonyl (C=O) groups excluding carboxylic acids is 1. The summed E-state index contributed by atoms with van der Waals surface area (Å²) in [5.41, 5.74) is 1.38. The highest BCUT2D eigenvalue weighted by atomic mass is 79.9. The van der Waals surface area contributed by atoms with Gasteiger partial charge in [-0.1, -0.05) is 69.7 Å². The Morgan fingerprint density at radius 3 is 2.58 bits per heavy atom. The van der Waals surface area contributed by atoms with Gasteiger partial charge in [0.1, 0.15) is 12.6 Å². The number of halogens is 1. The number of allylic oxidation sites excluding steroid dienone is 1. The van der Waals surface area contributed by atoms with Gasteiger partial charge in [-0.3, -0.25) is 19.5 Å². The van der Waals surface area contributed by atoms with Crippen molar-refractivity contribution in [2.75, 3.05) is 13.7 Å². The van der Waals surface area contributed by atoms with Crippen molar-refractivity contribution in [2.24, 2.45) is 4.99 Å². The number of benzene rings is 3. The van der Waals surface area contributed by atoms with E-state index < -0.39 is 16.9 Å². The monoisotopic (exact) mass is 663 g/mol. The van der Waals surface area contributed by atoms with E-state index in [1.165, 1.54) is 23.8 Å². The summed E-state index contributed by atoms with van der Waals surface area (Å²) < 4.78 is 19.4. The minimum atomic E-state index is -1.15. The number of fused-ring (bicyclic) bond motifs is 1. The smallest absolute Gasteiger partial charge is 0.338 e. The van der Waals surface area contributed by atoms with Crippen molar-refractivity contribution < 1.29 is 23.9 Å². The van der Waals surface area contributed by atoms with Gasteiger partial charge in [0.25, 0.3) is 11.2 Å². The van der Waals surface area contributed by atoms with E-state index in [-0.39, 0.29) is 52.8 Å². The zero-order valence-electron chi connectivity index (χ0n) is 23.4. The van der Waals surface area contributed by atoms with Gasteiger partial charge in [0.05, 0.1) is 40.4 Å². The van der Waals surface area contributed by atoms with Gasteiger partial charge in [-0.2, -0.15) is 0 Å². The maximum Gasteiger partial charge on any atom is 0.338 e. The molecule has 3 aromatic carbocycles. The molecule has 1 aliphatic heterocycles. The summed E-state index contributed by atoms with van der Waals surface area (Å²) in [5, 5.41) is 12.4. The zero-order valence-corrected chi connectivity index (χ0v) is 25.8. The normalized spacial score (nSPS) is 14.6. The van der Waals surface area contributed by atoms with Crippen LogP contribution in [0.4, 0.5) is 5.69 Å². The molecule has 0 saturated heterocycles. The number of rotatable bonds is 9. The largest absolute Gasteiger partial charge is 0.493 e. The number of thiazole rings is 1. The van der Waals surface area contributed by atoms with Gasteiger partial charge >= 0.3 is 5.97 Å². The first-order valence-electron chi connectivity index (χ1n) is 13.2. The predicted molar refractivity (Wildman–Crippen MR) is 166 cm³/mol. The summed E-state index contributed by atoms with van der Waals surface area (Å²) in [6.07, 6.45) is 1.73. The van der Waals surface area contributed by atoms with Crippen molar-refractivity contribution in [1.82, 2.24) is 4.57 Å². The van der Waals surface area contributed by atoms with Crippen LogP contribution in [0.5, 0.6) is 11.5 Å². The van der Waals surface area contributed by atoms with Gasteiger partial charge in [-0.25, -0.2) is 9.79 Å². The summed E-state index contributed by atoms with van der Waals surface area (Å²) in [7, 11) is 1.42. The Labute approximate surface area is 258 Å². The molecule has 0 spiro atoms. The van der Waals surface area contributed by atoms with Crippen molar-refractivity contribution in [2.45, 2.75) is 26.5 Å². The highest BCUT2D eigenvalue weighted by Crippen LogP contribution is 2.43. The van der Waals surface area contributed by atoms with Crippen LogP contribution in [0.1, 0.15) is 36.6 Å². The topological polar surface area (TPSA) is 122 Å². The number of nitro benzene ring substituents is 1. The first kappa shape index (κ1) is 29.9. The fourth-order valence-electron chi connectivity index (χ4n) is 4.74. The Kier molecular flexibility index (Phi) is 8.88. The second-order valence-corrected chi connectivity index (χ2v) is 11.4. The van der Waals surface area contributed by atoms with E-state index in [0.29, 0.717) is 9.33 Å². The zero-order chi connectivity index (χ0) is 30.7. The molecule has 1 aliphatic rings. The van der Waals surface area contributed by atoms with E-state index in [2.05, 4.69) is 15.9 Å². The second-order valence-electron chi connectivity index (χ2n) is 9.43.